The van der Waals surface area contributed by atoms with Crippen LogP contribution in [0.15, 0.2) is 72.3 Å². The largest absolute Gasteiger partial charge is 0.462 e. The highest BCUT2D eigenvalue weighted by Gasteiger charge is 2.62. The summed E-state index contributed by atoms with van der Waals surface area (Å²) < 4.78 is 5.63. The number of esters is 1. The fourth-order valence-electron chi connectivity index (χ4n) is 9.30. The Morgan fingerprint density at radius 1 is 0.892 bits per heavy atom. The van der Waals surface area contributed by atoms with Crippen molar-refractivity contribution in [2.24, 2.45) is 34.5 Å². The highest BCUT2D eigenvalue weighted by Crippen LogP contribution is 2.69. The summed E-state index contributed by atoms with van der Waals surface area (Å²) in [5.41, 5.74) is 3.89. The first-order valence-corrected chi connectivity index (χ1v) is 14.3. The van der Waals surface area contributed by atoms with E-state index in [4.69, 9.17) is 4.74 Å². The quantitative estimate of drug-likeness (QED) is 0.247. The van der Waals surface area contributed by atoms with Crippen molar-refractivity contribution in [3.63, 3.8) is 0 Å². The zero-order valence-electron chi connectivity index (χ0n) is 22.5. The molecule has 0 saturated heterocycles. The lowest BCUT2D eigenvalue weighted by atomic mass is 9.47. The van der Waals surface area contributed by atoms with Gasteiger partial charge in [-0.1, -0.05) is 86.2 Å². The van der Waals surface area contributed by atoms with Crippen molar-refractivity contribution in [1.29, 1.82) is 0 Å². The van der Waals surface area contributed by atoms with Crippen LogP contribution in [-0.4, -0.2) is 17.9 Å². The summed E-state index contributed by atoms with van der Waals surface area (Å²) in [6.45, 7) is 6.46. The zero-order chi connectivity index (χ0) is 25.8. The fourth-order valence-corrected chi connectivity index (χ4v) is 9.30. The second kappa shape index (κ2) is 9.26. The summed E-state index contributed by atoms with van der Waals surface area (Å²) in [7, 11) is 0. The molecule has 2 aromatic carbocycles. The summed E-state index contributed by atoms with van der Waals surface area (Å²) in [6, 6.07) is 20.8. The van der Waals surface area contributed by atoms with Crippen molar-refractivity contribution in [3.05, 3.63) is 83.4 Å². The predicted molar refractivity (Wildman–Crippen MR) is 146 cm³/mol. The van der Waals surface area contributed by atoms with E-state index in [2.05, 4.69) is 50.3 Å². The molecule has 3 nitrogen and oxygen atoms in total. The Morgan fingerprint density at radius 2 is 1.59 bits per heavy atom. The van der Waals surface area contributed by atoms with Crippen LogP contribution in [-0.2, 0) is 9.53 Å². The number of hydrogen-bond donors (Lipinski definition) is 0. The Labute approximate surface area is 221 Å². The maximum absolute atomic E-state index is 14.2. The van der Waals surface area contributed by atoms with Crippen LogP contribution >= 0.6 is 0 Å². The molecule has 2 aromatic rings. The molecule has 5 unspecified atom stereocenters. The zero-order valence-corrected chi connectivity index (χ0v) is 22.5. The molecule has 0 radical (unpaired) electrons. The van der Waals surface area contributed by atoms with Gasteiger partial charge in [0.1, 0.15) is 6.10 Å². The third-order valence-corrected chi connectivity index (χ3v) is 11.0. The summed E-state index contributed by atoms with van der Waals surface area (Å²) in [5.74, 6) is 2.24. The van der Waals surface area contributed by atoms with Crippen LogP contribution in [0.3, 0.4) is 0 Å². The lowest BCUT2D eigenvalue weighted by Crippen LogP contribution is -2.51. The van der Waals surface area contributed by atoms with Crippen LogP contribution in [0, 0.1) is 34.5 Å². The topological polar surface area (TPSA) is 43.4 Å². The van der Waals surface area contributed by atoms with E-state index < -0.39 is 0 Å². The Balaban J connectivity index is 1.35. The van der Waals surface area contributed by atoms with Crippen LogP contribution in [0.25, 0.3) is 0 Å². The van der Waals surface area contributed by atoms with E-state index in [1.54, 1.807) is 0 Å². The smallest absolute Gasteiger partial charge is 0.302 e. The van der Waals surface area contributed by atoms with E-state index in [1.807, 2.05) is 30.3 Å². The van der Waals surface area contributed by atoms with Gasteiger partial charge in [-0.05, 0) is 78.6 Å². The molecular formula is C34H40O3. The average Bonchev–Trinajstić information content (AvgIpc) is 3.22. The Bertz CT molecular complexity index is 1200. The lowest BCUT2D eigenvalue weighted by molar-refractivity contribution is -0.148. The molecule has 4 aliphatic rings. The second-order valence-corrected chi connectivity index (χ2v) is 12.7. The first kappa shape index (κ1) is 24.6. The lowest BCUT2D eigenvalue weighted by Gasteiger charge is -2.58. The van der Waals surface area contributed by atoms with Crippen LogP contribution in [0.5, 0.6) is 0 Å². The van der Waals surface area contributed by atoms with E-state index in [0.29, 0.717) is 23.5 Å². The standard InChI is InChI=1S/C34H40O3/c1-22(35)37-26-16-18-33(2)25(20-26)14-15-27-29(33)17-19-34(3)30(27)21-28(23-10-6-4-7-11-23)31(34)32(36)24-12-8-5-9-13-24/h4-14,26-31H,15-21H2,1-3H3/t26?,27?,28-,29?,30?,31?,33-,34-/m0/s1. The van der Waals surface area contributed by atoms with Crippen molar-refractivity contribution in [3.8, 4) is 0 Å². The Hall–Kier alpha value is -2.68. The number of benzene rings is 2. The fraction of sp³-hybridized carbons (Fsp3) is 0.529. The number of carbonyl (C=O) groups is 2. The number of carbonyl (C=O) groups excluding carboxylic acids is 2. The molecule has 37 heavy (non-hydrogen) atoms. The van der Waals surface area contributed by atoms with Crippen LogP contribution in [0.1, 0.15) is 87.6 Å². The molecule has 4 aliphatic carbocycles. The van der Waals surface area contributed by atoms with Crippen molar-refractivity contribution in [2.75, 3.05) is 0 Å². The highest BCUT2D eigenvalue weighted by molar-refractivity contribution is 5.99. The summed E-state index contributed by atoms with van der Waals surface area (Å²) in [6.07, 6.45) is 9.97. The molecule has 0 amide bonds. The number of Topliss-reactive ketones (excluding diaryl/α,β-unsaturated/α-hetero) is 1. The molecule has 0 bridgehead atoms. The van der Waals surface area contributed by atoms with Gasteiger partial charge >= 0.3 is 5.97 Å². The van der Waals surface area contributed by atoms with Crippen molar-refractivity contribution < 1.29 is 14.3 Å². The van der Waals surface area contributed by atoms with E-state index >= 15 is 0 Å². The van der Waals surface area contributed by atoms with Gasteiger partial charge in [0, 0.05) is 24.8 Å². The first-order chi connectivity index (χ1) is 17.8. The monoisotopic (exact) mass is 496 g/mol. The van der Waals surface area contributed by atoms with E-state index in [0.717, 1.165) is 44.1 Å². The molecule has 0 heterocycles. The summed E-state index contributed by atoms with van der Waals surface area (Å²) >= 11 is 0. The molecule has 3 heteroatoms. The molecule has 6 rings (SSSR count). The minimum Gasteiger partial charge on any atom is -0.462 e. The molecule has 0 aliphatic heterocycles. The third kappa shape index (κ3) is 4.01. The summed E-state index contributed by atoms with van der Waals surface area (Å²) in [4.78, 5) is 25.8. The molecule has 0 aromatic heterocycles. The first-order valence-electron chi connectivity index (χ1n) is 14.3. The van der Waals surface area contributed by atoms with E-state index in [-0.39, 0.29) is 34.7 Å². The van der Waals surface area contributed by atoms with Crippen molar-refractivity contribution in [1.82, 2.24) is 0 Å². The van der Waals surface area contributed by atoms with Gasteiger partial charge < -0.3 is 4.74 Å². The molecule has 0 spiro atoms. The molecule has 194 valence electrons. The number of ether oxygens (including phenoxy) is 1. The van der Waals surface area contributed by atoms with Gasteiger partial charge in [-0.15, -0.1) is 0 Å². The normalized spacial score (nSPS) is 38.5. The molecule has 3 saturated carbocycles. The SMILES string of the molecule is CC(=O)OC1CC[C@@]2(C)C(=CCC3C4C[C@@H](c5ccccc5)C(C(=O)c5ccccc5)[C@@]4(C)CCC32)C1. The average molecular weight is 497 g/mol. The third-order valence-electron chi connectivity index (χ3n) is 11.0. The minimum absolute atomic E-state index is 0.00520. The van der Waals surface area contributed by atoms with Crippen molar-refractivity contribution >= 4 is 11.8 Å². The Kier molecular flexibility index (Phi) is 6.17. The molecular weight excluding hydrogens is 456 g/mol. The minimum atomic E-state index is -0.164. The van der Waals surface area contributed by atoms with Gasteiger partial charge in [0.15, 0.2) is 5.78 Å². The van der Waals surface area contributed by atoms with Crippen LogP contribution in [0.2, 0.25) is 0 Å². The maximum Gasteiger partial charge on any atom is 0.302 e. The Morgan fingerprint density at radius 3 is 2.30 bits per heavy atom. The predicted octanol–water partition coefficient (Wildman–Crippen LogP) is 7.77. The van der Waals surface area contributed by atoms with Gasteiger partial charge in [0.2, 0.25) is 0 Å². The van der Waals surface area contributed by atoms with E-state index in [1.165, 1.54) is 24.5 Å². The van der Waals surface area contributed by atoms with Crippen molar-refractivity contribution in [2.45, 2.75) is 77.7 Å². The molecule has 3 fully saturated rings. The number of ketones is 1. The van der Waals surface area contributed by atoms with Gasteiger partial charge in [-0.25, -0.2) is 0 Å². The number of rotatable bonds is 4. The maximum atomic E-state index is 14.2. The summed E-state index contributed by atoms with van der Waals surface area (Å²) in [5, 5.41) is 0. The van der Waals surface area contributed by atoms with Gasteiger partial charge in [-0.3, -0.25) is 9.59 Å². The van der Waals surface area contributed by atoms with E-state index in [9.17, 15) is 9.59 Å². The van der Waals surface area contributed by atoms with Gasteiger partial charge in [0.05, 0.1) is 0 Å². The second-order valence-electron chi connectivity index (χ2n) is 12.7. The van der Waals surface area contributed by atoms with Gasteiger partial charge in [0.25, 0.3) is 0 Å². The number of allylic oxidation sites excluding steroid dienone is 1. The number of hydrogen-bond acceptors (Lipinski definition) is 3. The molecule has 0 N–H and O–H groups in total. The number of fused-ring (bicyclic) bond motifs is 5. The van der Waals surface area contributed by atoms with Crippen LogP contribution in [0.4, 0.5) is 0 Å². The van der Waals surface area contributed by atoms with Crippen LogP contribution < -0.4 is 0 Å². The van der Waals surface area contributed by atoms with Gasteiger partial charge in [-0.2, -0.15) is 0 Å². The highest BCUT2D eigenvalue weighted by atomic mass is 16.5. The molecule has 8 atom stereocenters.